The molecule has 0 saturated carbocycles. The SMILES string of the molecule is O=S(=O)(Nc1cc(F)cc(Cl)c1)c1ccc(CCCl)cc1. The van der Waals surface area contributed by atoms with E-state index < -0.39 is 15.8 Å². The van der Waals surface area contributed by atoms with Crippen molar-refractivity contribution in [1.29, 1.82) is 0 Å². The molecule has 112 valence electrons. The topological polar surface area (TPSA) is 46.2 Å². The Morgan fingerprint density at radius 1 is 1.10 bits per heavy atom. The Balaban J connectivity index is 2.25. The van der Waals surface area contributed by atoms with Crippen molar-refractivity contribution in [2.24, 2.45) is 0 Å². The Morgan fingerprint density at radius 2 is 1.76 bits per heavy atom. The Morgan fingerprint density at radius 3 is 2.33 bits per heavy atom. The molecule has 0 bridgehead atoms. The quantitative estimate of drug-likeness (QED) is 0.829. The van der Waals surface area contributed by atoms with Gasteiger partial charge in [-0.15, -0.1) is 11.6 Å². The first-order valence-corrected chi connectivity index (χ1v) is 8.44. The van der Waals surface area contributed by atoms with Gasteiger partial charge in [0.2, 0.25) is 0 Å². The number of hydrogen-bond donors (Lipinski definition) is 1. The second kappa shape index (κ2) is 6.64. The number of benzene rings is 2. The van der Waals surface area contributed by atoms with Gasteiger partial charge in [0.15, 0.2) is 0 Å². The highest BCUT2D eigenvalue weighted by Crippen LogP contribution is 2.21. The number of aryl methyl sites for hydroxylation is 1. The predicted molar refractivity (Wildman–Crippen MR) is 83.1 cm³/mol. The summed E-state index contributed by atoms with van der Waals surface area (Å²) in [5.41, 5.74) is 1.02. The summed E-state index contributed by atoms with van der Waals surface area (Å²) in [5.74, 6) is -0.149. The van der Waals surface area contributed by atoms with Gasteiger partial charge in [0.25, 0.3) is 10.0 Å². The van der Waals surface area contributed by atoms with Crippen LogP contribution < -0.4 is 4.72 Å². The van der Waals surface area contributed by atoms with Gasteiger partial charge in [-0.05, 0) is 42.3 Å². The fourth-order valence-electron chi connectivity index (χ4n) is 1.77. The van der Waals surface area contributed by atoms with Crippen LogP contribution in [-0.2, 0) is 16.4 Å². The maximum atomic E-state index is 13.2. The van der Waals surface area contributed by atoms with Crippen molar-refractivity contribution in [1.82, 2.24) is 0 Å². The van der Waals surface area contributed by atoms with Gasteiger partial charge < -0.3 is 0 Å². The van der Waals surface area contributed by atoms with Crippen LogP contribution in [0, 0.1) is 5.82 Å². The molecule has 2 rings (SSSR count). The zero-order valence-corrected chi connectivity index (χ0v) is 13.1. The molecule has 0 aliphatic carbocycles. The zero-order chi connectivity index (χ0) is 15.5. The van der Waals surface area contributed by atoms with Gasteiger partial charge in [-0.1, -0.05) is 23.7 Å². The third-order valence-corrected chi connectivity index (χ3v) is 4.54. The molecule has 3 nitrogen and oxygen atoms in total. The maximum Gasteiger partial charge on any atom is 0.261 e. The second-order valence-corrected chi connectivity index (χ2v) is 6.84. The van der Waals surface area contributed by atoms with Crippen LogP contribution in [0.1, 0.15) is 5.56 Å². The van der Waals surface area contributed by atoms with E-state index in [4.69, 9.17) is 23.2 Å². The third kappa shape index (κ3) is 4.33. The summed E-state index contributed by atoms with van der Waals surface area (Å²) in [5, 5.41) is 0.116. The summed E-state index contributed by atoms with van der Waals surface area (Å²) in [7, 11) is -3.79. The molecule has 0 spiro atoms. The van der Waals surface area contributed by atoms with Gasteiger partial charge >= 0.3 is 0 Å². The molecule has 0 unspecified atom stereocenters. The molecule has 0 saturated heterocycles. The van der Waals surface area contributed by atoms with Crippen molar-refractivity contribution in [3.8, 4) is 0 Å². The van der Waals surface area contributed by atoms with Crippen LogP contribution >= 0.6 is 23.2 Å². The second-order valence-electron chi connectivity index (χ2n) is 4.35. The highest BCUT2D eigenvalue weighted by molar-refractivity contribution is 7.92. The van der Waals surface area contributed by atoms with Crippen LogP contribution in [0.4, 0.5) is 10.1 Å². The van der Waals surface area contributed by atoms with Crippen LogP contribution in [0.15, 0.2) is 47.4 Å². The lowest BCUT2D eigenvalue weighted by atomic mass is 10.2. The lowest BCUT2D eigenvalue weighted by Gasteiger charge is -2.09. The molecule has 21 heavy (non-hydrogen) atoms. The van der Waals surface area contributed by atoms with Gasteiger partial charge in [0.05, 0.1) is 10.6 Å². The van der Waals surface area contributed by atoms with Crippen LogP contribution in [0.25, 0.3) is 0 Å². The van der Waals surface area contributed by atoms with Crippen molar-refractivity contribution in [3.63, 3.8) is 0 Å². The highest BCUT2D eigenvalue weighted by atomic mass is 35.5. The van der Waals surface area contributed by atoms with E-state index in [9.17, 15) is 12.8 Å². The van der Waals surface area contributed by atoms with Crippen molar-refractivity contribution in [2.45, 2.75) is 11.3 Å². The van der Waals surface area contributed by atoms with Gasteiger partial charge in [0.1, 0.15) is 5.82 Å². The van der Waals surface area contributed by atoms with Crippen LogP contribution in [0.3, 0.4) is 0 Å². The fourth-order valence-corrected chi connectivity index (χ4v) is 3.25. The molecular formula is C14H12Cl2FNO2S. The minimum absolute atomic E-state index is 0.0739. The zero-order valence-electron chi connectivity index (χ0n) is 10.8. The largest absolute Gasteiger partial charge is 0.279 e. The fraction of sp³-hybridized carbons (Fsp3) is 0.143. The molecule has 0 radical (unpaired) electrons. The number of alkyl halides is 1. The first kappa shape index (κ1) is 16.1. The molecule has 0 aliphatic rings. The number of sulfonamides is 1. The molecule has 0 fully saturated rings. The molecule has 0 aromatic heterocycles. The number of nitrogens with one attached hydrogen (secondary N) is 1. The average Bonchev–Trinajstić information content (AvgIpc) is 2.38. The van der Waals surface area contributed by atoms with Crippen LogP contribution in [0.2, 0.25) is 5.02 Å². The van der Waals surface area contributed by atoms with Crippen molar-refractivity contribution < 1.29 is 12.8 Å². The van der Waals surface area contributed by atoms with Crippen LogP contribution in [-0.4, -0.2) is 14.3 Å². The van der Waals surface area contributed by atoms with Gasteiger partial charge in [-0.3, -0.25) is 4.72 Å². The molecule has 0 atom stereocenters. The van der Waals surface area contributed by atoms with Crippen molar-refractivity contribution in [3.05, 3.63) is 58.9 Å². The normalized spacial score (nSPS) is 11.4. The predicted octanol–water partition coefficient (Wildman–Crippen LogP) is 4.06. The van der Waals surface area contributed by atoms with Gasteiger partial charge in [-0.2, -0.15) is 0 Å². The smallest absolute Gasteiger partial charge is 0.261 e. The number of halogens is 3. The molecule has 1 N–H and O–H groups in total. The van der Waals surface area contributed by atoms with E-state index in [0.29, 0.717) is 12.3 Å². The lowest BCUT2D eigenvalue weighted by Crippen LogP contribution is -2.13. The molecule has 0 aliphatic heterocycles. The van der Waals surface area contributed by atoms with E-state index in [1.807, 2.05) is 0 Å². The van der Waals surface area contributed by atoms with Gasteiger partial charge in [-0.25, -0.2) is 12.8 Å². The summed E-state index contributed by atoms with van der Waals surface area (Å²) in [6.07, 6.45) is 0.662. The van der Waals surface area contributed by atoms with Crippen molar-refractivity contribution in [2.75, 3.05) is 10.6 Å². The Bertz CT molecular complexity index is 713. The summed E-state index contributed by atoms with van der Waals surface area (Å²) < 4.78 is 39.9. The Kier molecular flexibility index (Phi) is 5.08. The summed E-state index contributed by atoms with van der Waals surface area (Å²) in [6.45, 7) is 0. The molecule has 0 amide bonds. The minimum atomic E-state index is -3.79. The summed E-state index contributed by atoms with van der Waals surface area (Å²) in [4.78, 5) is 0.0845. The van der Waals surface area contributed by atoms with E-state index >= 15 is 0 Å². The Hall–Kier alpha value is -1.30. The number of anilines is 1. The molecule has 2 aromatic rings. The van der Waals surface area contributed by atoms with Crippen molar-refractivity contribution >= 4 is 38.9 Å². The molecular weight excluding hydrogens is 336 g/mol. The van der Waals surface area contributed by atoms with E-state index in [-0.39, 0.29) is 15.6 Å². The standard InChI is InChI=1S/C14H12Cl2FNO2S/c15-6-5-10-1-3-14(4-2-10)21(19,20)18-13-8-11(16)7-12(17)9-13/h1-4,7-9,18H,5-6H2. The number of rotatable bonds is 5. The average molecular weight is 348 g/mol. The van der Waals surface area contributed by atoms with E-state index in [1.54, 1.807) is 12.1 Å². The first-order valence-electron chi connectivity index (χ1n) is 6.04. The molecule has 0 heterocycles. The highest BCUT2D eigenvalue weighted by Gasteiger charge is 2.14. The minimum Gasteiger partial charge on any atom is -0.279 e. The third-order valence-electron chi connectivity index (χ3n) is 2.73. The number of hydrogen-bond acceptors (Lipinski definition) is 2. The Labute approximate surface area is 132 Å². The van der Waals surface area contributed by atoms with E-state index in [0.717, 1.165) is 17.7 Å². The molecule has 2 aromatic carbocycles. The van der Waals surface area contributed by atoms with Gasteiger partial charge in [0, 0.05) is 10.9 Å². The van der Waals surface area contributed by atoms with Crippen LogP contribution in [0.5, 0.6) is 0 Å². The summed E-state index contributed by atoms with van der Waals surface area (Å²) in [6, 6.07) is 9.83. The summed E-state index contributed by atoms with van der Waals surface area (Å²) >= 11 is 11.3. The monoisotopic (exact) mass is 347 g/mol. The van der Waals surface area contributed by atoms with E-state index in [2.05, 4.69) is 4.72 Å². The van der Waals surface area contributed by atoms with E-state index in [1.165, 1.54) is 18.2 Å². The first-order chi connectivity index (χ1) is 9.90. The maximum absolute atomic E-state index is 13.2. The molecule has 7 heteroatoms. The lowest BCUT2D eigenvalue weighted by molar-refractivity contribution is 0.601.